The van der Waals surface area contributed by atoms with E-state index in [1.807, 2.05) is 6.07 Å². The molecule has 1 N–H and O–H groups in total. The van der Waals surface area contributed by atoms with Crippen LogP contribution in [0.4, 0.5) is 5.69 Å². The molecule has 0 spiro atoms. The lowest BCUT2D eigenvalue weighted by atomic mass is 10.1. The Balaban J connectivity index is 1.68. The van der Waals surface area contributed by atoms with Crippen LogP contribution in [0, 0.1) is 11.3 Å². The van der Waals surface area contributed by atoms with Crippen molar-refractivity contribution >= 4 is 40.9 Å². The molecule has 168 valence electrons. The molecule has 0 unspecified atom stereocenters. The van der Waals surface area contributed by atoms with Crippen molar-refractivity contribution < 1.29 is 19.0 Å². The summed E-state index contributed by atoms with van der Waals surface area (Å²) in [6.07, 6.45) is 1.47. The quantitative estimate of drug-likeness (QED) is 0.453. The smallest absolute Gasteiger partial charge is 0.266 e. The van der Waals surface area contributed by atoms with E-state index < -0.39 is 5.91 Å². The fourth-order valence-electron chi connectivity index (χ4n) is 3.10. The minimum atomic E-state index is -0.596. The highest BCUT2D eigenvalue weighted by Crippen LogP contribution is 2.29. The van der Waals surface area contributed by atoms with Crippen molar-refractivity contribution in [2.24, 2.45) is 0 Å². The Labute approximate surface area is 197 Å². The van der Waals surface area contributed by atoms with Crippen LogP contribution in [0.15, 0.2) is 42.0 Å². The van der Waals surface area contributed by atoms with E-state index in [1.165, 1.54) is 19.3 Å². The van der Waals surface area contributed by atoms with Gasteiger partial charge >= 0.3 is 0 Å². The third-order valence-electron chi connectivity index (χ3n) is 4.81. The monoisotopic (exact) mass is 475 g/mol. The first-order chi connectivity index (χ1) is 15.5. The normalized spacial score (nSPS) is 14.5. The van der Waals surface area contributed by atoms with Gasteiger partial charge in [-0.1, -0.05) is 29.3 Å². The van der Waals surface area contributed by atoms with Crippen LogP contribution in [0.25, 0.3) is 6.08 Å². The lowest BCUT2D eigenvalue weighted by Gasteiger charge is -2.26. The summed E-state index contributed by atoms with van der Waals surface area (Å²) in [6, 6.07) is 11.8. The van der Waals surface area contributed by atoms with Gasteiger partial charge in [-0.2, -0.15) is 5.26 Å². The molecule has 0 aliphatic carbocycles. The number of hydrogen-bond donors (Lipinski definition) is 1. The van der Waals surface area contributed by atoms with Gasteiger partial charge in [-0.3, -0.25) is 9.69 Å². The largest absolute Gasteiger partial charge is 0.493 e. The minimum Gasteiger partial charge on any atom is -0.493 e. The minimum absolute atomic E-state index is 0.0934. The maximum absolute atomic E-state index is 12.6. The van der Waals surface area contributed by atoms with Crippen molar-refractivity contribution in [2.45, 2.75) is 0 Å². The van der Waals surface area contributed by atoms with E-state index in [9.17, 15) is 10.1 Å². The Bertz CT molecular complexity index is 1030. The van der Waals surface area contributed by atoms with Crippen LogP contribution in [0.3, 0.4) is 0 Å². The molecule has 1 heterocycles. The third-order valence-corrected chi connectivity index (χ3v) is 5.37. The zero-order chi connectivity index (χ0) is 22.9. The van der Waals surface area contributed by atoms with E-state index in [4.69, 9.17) is 37.4 Å². The molecule has 1 aliphatic heterocycles. The van der Waals surface area contributed by atoms with E-state index in [-0.39, 0.29) is 5.57 Å². The number of rotatable bonds is 8. The van der Waals surface area contributed by atoms with Crippen molar-refractivity contribution in [2.75, 3.05) is 51.9 Å². The Morgan fingerprint density at radius 2 is 2.00 bits per heavy atom. The molecule has 1 saturated heterocycles. The van der Waals surface area contributed by atoms with Gasteiger partial charge in [0.15, 0.2) is 11.5 Å². The van der Waals surface area contributed by atoms with Gasteiger partial charge in [-0.25, -0.2) is 0 Å². The summed E-state index contributed by atoms with van der Waals surface area (Å²) < 4.78 is 16.6. The highest BCUT2D eigenvalue weighted by Gasteiger charge is 2.14. The number of carbonyl (C=O) groups is 1. The predicted octanol–water partition coefficient (Wildman–Crippen LogP) is 4.26. The summed E-state index contributed by atoms with van der Waals surface area (Å²) in [7, 11) is 1.54. The Morgan fingerprint density at radius 3 is 2.72 bits per heavy atom. The molecule has 1 fully saturated rings. The maximum atomic E-state index is 12.6. The van der Waals surface area contributed by atoms with Gasteiger partial charge in [0.1, 0.15) is 18.2 Å². The lowest BCUT2D eigenvalue weighted by molar-refractivity contribution is -0.112. The topological polar surface area (TPSA) is 83.8 Å². The summed E-state index contributed by atoms with van der Waals surface area (Å²) in [5.41, 5.74) is 0.849. The van der Waals surface area contributed by atoms with Gasteiger partial charge in [0, 0.05) is 24.7 Å². The van der Waals surface area contributed by atoms with E-state index in [0.29, 0.717) is 39.4 Å². The number of ether oxygens (including phenoxy) is 3. The molecule has 1 amide bonds. The molecule has 0 atom stereocenters. The molecule has 32 heavy (non-hydrogen) atoms. The second-order valence-electron chi connectivity index (χ2n) is 6.96. The van der Waals surface area contributed by atoms with Crippen LogP contribution < -0.4 is 14.8 Å². The van der Waals surface area contributed by atoms with Crippen molar-refractivity contribution in [3.63, 3.8) is 0 Å². The number of benzene rings is 2. The molecular weight excluding hydrogens is 453 g/mol. The van der Waals surface area contributed by atoms with E-state index in [2.05, 4.69) is 10.2 Å². The van der Waals surface area contributed by atoms with E-state index >= 15 is 0 Å². The number of nitriles is 1. The van der Waals surface area contributed by atoms with Crippen molar-refractivity contribution in [1.29, 1.82) is 5.26 Å². The SMILES string of the molecule is COc1cc(/C=C(\C#N)C(=O)Nc2cc(Cl)ccc2Cl)ccc1OCCN1CCOCC1. The molecule has 7 nitrogen and oxygen atoms in total. The van der Waals surface area contributed by atoms with Crippen LogP contribution >= 0.6 is 23.2 Å². The number of anilines is 1. The maximum Gasteiger partial charge on any atom is 0.266 e. The second-order valence-corrected chi connectivity index (χ2v) is 7.80. The predicted molar refractivity (Wildman–Crippen MR) is 124 cm³/mol. The van der Waals surface area contributed by atoms with Gasteiger partial charge in [0.05, 0.1) is 31.0 Å². The average Bonchev–Trinajstić information content (AvgIpc) is 2.81. The Kier molecular flexibility index (Phi) is 8.77. The molecule has 2 aromatic carbocycles. The molecule has 9 heteroatoms. The summed E-state index contributed by atoms with van der Waals surface area (Å²) in [5, 5.41) is 12.8. The summed E-state index contributed by atoms with van der Waals surface area (Å²) >= 11 is 12.0. The number of morpholine rings is 1. The molecular formula is C23H23Cl2N3O4. The Hall–Kier alpha value is -2.76. The number of methoxy groups -OCH3 is 1. The highest BCUT2D eigenvalue weighted by molar-refractivity contribution is 6.36. The second kappa shape index (κ2) is 11.7. The number of hydrogen-bond acceptors (Lipinski definition) is 6. The number of nitrogens with zero attached hydrogens (tertiary/aromatic N) is 2. The van der Waals surface area contributed by atoms with E-state index in [1.54, 1.807) is 30.3 Å². The highest BCUT2D eigenvalue weighted by atomic mass is 35.5. The first-order valence-electron chi connectivity index (χ1n) is 9.99. The van der Waals surface area contributed by atoms with Gasteiger partial charge in [0.2, 0.25) is 0 Å². The van der Waals surface area contributed by atoms with Crippen LogP contribution in [0.5, 0.6) is 11.5 Å². The van der Waals surface area contributed by atoms with Gasteiger partial charge in [0.25, 0.3) is 5.91 Å². The van der Waals surface area contributed by atoms with Crippen LogP contribution in [-0.2, 0) is 9.53 Å². The number of nitrogens with one attached hydrogen (secondary N) is 1. The molecule has 0 radical (unpaired) electrons. The molecule has 0 aromatic heterocycles. The van der Waals surface area contributed by atoms with Gasteiger partial charge < -0.3 is 19.5 Å². The van der Waals surface area contributed by atoms with Gasteiger partial charge in [-0.05, 0) is 42.0 Å². The molecule has 1 aliphatic rings. The fourth-order valence-corrected chi connectivity index (χ4v) is 3.44. The van der Waals surface area contributed by atoms with Crippen LogP contribution in [0.1, 0.15) is 5.56 Å². The van der Waals surface area contributed by atoms with Crippen molar-refractivity contribution in [1.82, 2.24) is 4.90 Å². The lowest BCUT2D eigenvalue weighted by Crippen LogP contribution is -2.38. The number of amides is 1. The van der Waals surface area contributed by atoms with E-state index in [0.717, 1.165) is 32.8 Å². The van der Waals surface area contributed by atoms with Crippen LogP contribution in [0.2, 0.25) is 10.0 Å². The zero-order valence-corrected chi connectivity index (χ0v) is 19.1. The Morgan fingerprint density at radius 1 is 1.22 bits per heavy atom. The molecule has 2 aromatic rings. The van der Waals surface area contributed by atoms with Crippen LogP contribution in [-0.4, -0.2) is 57.4 Å². The first-order valence-corrected chi connectivity index (χ1v) is 10.7. The van der Waals surface area contributed by atoms with Gasteiger partial charge in [-0.15, -0.1) is 0 Å². The zero-order valence-electron chi connectivity index (χ0n) is 17.6. The molecule has 0 bridgehead atoms. The summed E-state index contributed by atoms with van der Waals surface area (Å²) in [4.78, 5) is 14.8. The summed E-state index contributed by atoms with van der Waals surface area (Å²) in [5.74, 6) is 0.504. The molecule has 3 rings (SSSR count). The van der Waals surface area contributed by atoms with Crippen molar-refractivity contribution in [3.05, 3.63) is 57.6 Å². The molecule has 0 saturated carbocycles. The number of carbonyl (C=O) groups excluding carboxylic acids is 1. The first kappa shape index (κ1) is 23.9. The average molecular weight is 476 g/mol. The fraction of sp³-hybridized carbons (Fsp3) is 0.304. The third kappa shape index (κ3) is 6.62. The van der Waals surface area contributed by atoms with Crippen molar-refractivity contribution in [3.8, 4) is 17.6 Å². The number of halogens is 2. The standard InChI is InChI=1S/C23H23Cl2N3O4/c1-30-22-13-16(2-5-21(22)32-11-8-28-6-9-31-10-7-28)12-17(15-26)23(29)27-20-14-18(24)3-4-19(20)25/h2-5,12-14H,6-11H2,1H3,(H,27,29)/b17-12+. The summed E-state index contributed by atoms with van der Waals surface area (Å²) in [6.45, 7) is 4.56.